The summed E-state index contributed by atoms with van der Waals surface area (Å²) in [5.41, 5.74) is 0. The molecule has 0 aromatic heterocycles. The number of hydrogen-bond donors (Lipinski definition) is 0. The second kappa shape index (κ2) is 10.6. The minimum absolute atomic E-state index is 0.151. The molecule has 0 unspecified atom stereocenters. The predicted octanol–water partition coefficient (Wildman–Crippen LogP) is 4.68. The van der Waals surface area contributed by atoms with Gasteiger partial charge >= 0.3 is 5.97 Å². The van der Waals surface area contributed by atoms with E-state index in [-0.39, 0.29) is 5.97 Å². The van der Waals surface area contributed by atoms with Crippen molar-refractivity contribution in [2.45, 2.75) is 19.3 Å². The van der Waals surface area contributed by atoms with Gasteiger partial charge in [-0.3, -0.25) is 4.79 Å². The van der Waals surface area contributed by atoms with E-state index in [2.05, 4.69) is 109 Å². The number of carbonyl (C=O) groups excluding carboxylic acids is 1. The summed E-state index contributed by atoms with van der Waals surface area (Å²) >= 11 is 0. The molecule has 3 aromatic rings. The lowest BCUT2D eigenvalue weighted by molar-refractivity contribution is -0.140. The van der Waals surface area contributed by atoms with Crippen molar-refractivity contribution in [1.29, 1.82) is 0 Å². The molecule has 2 nitrogen and oxygen atoms in total. The van der Waals surface area contributed by atoms with Crippen molar-refractivity contribution >= 4 is 34.6 Å². The van der Waals surface area contributed by atoms with Gasteiger partial charge in [0.2, 0.25) is 0 Å². The number of rotatable bonds is 8. The Morgan fingerprint density at radius 3 is 1.66 bits per heavy atom. The first-order chi connectivity index (χ1) is 14.3. The number of benzene rings is 3. The van der Waals surface area contributed by atoms with Crippen LogP contribution in [0.15, 0.2) is 103 Å². The second-order valence-corrected chi connectivity index (χ2v) is 10.1. The van der Waals surface area contributed by atoms with Crippen LogP contribution in [0.25, 0.3) is 0 Å². The molecule has 3 heteroatoms. The molecule has 0 aliphatic rings. The van der Waals surface area contributed by atoms with Crippen molar-refractivity contribution in [3.8, 4) is 0 Å². The Morgan fingerprint density at radius 1 is 0.793 bits per heavy atom. The molecule has 0 radical (unpaired) electrons. The molecule has 0 aliphatic heterocycles. The molecule has 3 aromatic carbocycles. The van der Waals surface area contributed by atoms with Crippen molar-refractivity contribution in [3.63, 3.8) is 0 Å². The van der Waals surface area contributed by atoms with Gasteiger partial charge in [-0.1, -0.05) is 109 Å². The van der Waals surface area contributed by atoms with Crippen molar-refractivity contribution in [3.05, 3.63) is 103 Å². The quantitative estimate of drug-likeness (QED) is 0.311. The lowest BCUT2D eigenvalue weighted by Crippen LogP contribution is -2.26. The standard InChI is InChI=1S/C26H27O2P/c1-28-26(27)21-13-2-3-14-22-29(23-15-7-4-8-16-23,24-17-9-5-10-18-24)25-19-11-6-12-20-25/h3-12,14-20,22H,2,13,21H2,1H3/b14-3+. The number of ether oxygens (including phenoxy) is 1. The molecule has 29 heavy (non-hydrogen) atoms. The average Bonchev–Trinajstić information content (AvgIpc) is 2.80. The Kier molecular flexibility index (Phi) is 7.67. The second-order valence-electron chi connectivity index (χ2n) is 6.77. The Morgan fingerprint density at radius 2 is 1.24 bits per heavy atom. The first-order valence-corrected chi connectivity index (χ1v) is 11.8. The predicted molar refractivity (Wildman–Crippen MR) is 126 cm³/mol. The lowest BCUT2D eigenvalue weighted by Gasteiger charge is -2.28. The van der Waals surface area contributed by atoms with Gasteiger partial charge in [-0.15, -0.1) is 0 Å². The van der Waals surface area contributed by atoms with E-state index in [0.29, 0.717) is 6.42 Å². The minimum atomic E-state index is -1.93. The van der Waals surface area contributed by atoms with Gasteiger partial charge in [0.25, 0.3) is 0 Å². The van der Waals surface area contributed by atoms with E-state index >= 15 is 0 Å². The molecule has 0 aliphatic carbocycles. The summed E-state index contributed by atoms with van der Waals surface area (Å²) in [6.07, 6.45) is 6.44. The van der Waals surface area contributed by atoms with Crippen LogP contribution >= 0.6 is 6.89 Å². The fourth-order valence-corrected chi connectivity index (χ4v) is 7.17. The van der Waals surface area contributed by atoms with Crippen LogP contribution in [-0.4, -0.2) is 18.9 Å². The van der Waals surface area contributed by atoms with Gasteiger partial charge in [-0.05, 0) is 35.6 Å². The van der Waals surface area contributed by atoms with Crippen LogP contribution in [0, 0.1) is 0 Å². The van der Waals surface area contributed by atoms with Crippen LogP contribution in [0.5, 0.6) is 0 Å². The number of allylic oxidation sites excluding steroid dienone is 2. The maximum absolute atomic E-state index is 11.3. The van der Waals surface area contributed by atoms with Crippen molar-refractivity contribution in [1.82, 2.24) is 0 Å². The molecule has 3 rings (SSSR count). The molecule has 148 valence electrons. The van der Waals surface area contributed by atoms with E-state index < -0.39 is 6.89 Å². The highest BCUT2D eigenvalue weighted by molar-refractivity contribution is 7.94. The molecule has 0 heterocycles. The Balaban J connectivity index is 2.07. The number of unbranched alkanes of at least 4 members (excludes halogenated alkanes) is 1. The molecule has 0 saturated carbocycles. The normalized spacial score (nSPS) is 11.3. The maximum atomic E-state index is 11.3. The number of methoxy groups -OCH3 is 1. The van der Waals surface area contributed by atoms with Crippen LogP contribution in [-0.2, 0) is 9.53 Å². The zero-order chi connectivity index (χ0) is 20.4. The summed E-state index contributed by atoms with van der Waals surface area (Å²) in [4.78, 5) is 11.3. The van der Waals surface area contributed by atoms with Crippen LogP contribution < -0.4 is 15.9 Å². The summed E-state index contributed by atoms with van der Waals surface area (Å²) in [5, 5.41) is 3.99. The summed E-state index contributed by atoms with van der Waals surface area (Å²) in [6.45, 7) is -1.93. The first-order valence-electron chi connectivity index (χ1n) is 9.91. The zero-order valence-corrected chi connectivity index (χ0v) is 17.7. The van der Waals surface area contributed by atoms with Crippen LogP contribution in [0.2, 0.25) is 0 Å². The van der Waals surface area contributed by atoms with Gasteiger partial charge in [-0.2, -0.15) is 0 Å². The first kappa shape index (κ1) is 20.9. The molecule has 0 N–H and O–H groups in total. The van der Waals surface area contributed by atoms with E-state index in [0.717, 1.165) is 12.8 Å². The van der Waals surface area contributed by atoms with Crippen molar-refractivity contribution in [2.75, 3.05) is 7.11 Å². The van der Waals surface area contributed by atoms with Crippen LogP contribution in [0.3, 0.4) is 0 Å². The third-order valence-electron chi connectivity index (χ3n) is 4.92. The van der Waals surface area contributed by atoms with E-state index in [9.17, 15) is 4.79 Å². The Labute approximate surface area is 173 Å². The molecule has 0 spiro atoms. The number of hydrogen-bond acceptors (Lipinski definition) is 2. The van der Waals surface area contributed by atoms with Crippen LogP contribution in [0.1, 0.15) is 19.3 Å². The molecule has 0 fully saturated rings. The highest BCUT2D eigenvalue weighted by Gasteiger charge is 2.23. The minimum Gasteiger partial charge on any atom is -0.469 e. The van der Waals surface area contributed by atoms with Gasteiger partial charge < -0.3 is 4.74 Å². The lowest BCUT2D eigenvalue weighted by atomic mass is 10.2. The third kappa shape index (κ3) is 5.16. The van der Waals surface area contributed by atoms with E-state index in [1.807, 2.05) is 0 Å². The SMILES string of the molecule is COC(=O)CCC/C=C/C=P(c1ccccc1)(c1ccccc1)c1ccccc1. The number of esters is 1. The average molecular weight is 402 g/mol. The smallest absolute Gasteiger partial charge is 0.305 e. The monoisotopic (exact) mass is 402 g/mol. The number of carbonyl (C=O) groups is 1. The molecule has 0 bridgehead atoms. The van der Waals surface area contributed by atoms with E-state index in [4.69, 9.17) is 4.74 Å². The molecular formula is C26H27O2P. The van der Waals surface area contributed by atoms with Crippen molar-refractivity contribution < 1.29 is 9.53 Å². The topological polar surface area (TPSA) is 26.3 Å². The van der Waals surface area contributed by atoms with Gasteiger partial charge in [0.15, 0.2) is 0 Å². The maximum Gasteiger partial charge on any atom is 0.305 e. The molecule has 0 saturated heterocycles. The van der Waals surface area contributed by atoms with Crippen molar-refractivity contribution in [2.24, 2.45) is 0 Å². The molecular weight excluding hydrogens is 375 g/mol. The summed E-state index contributed by atoms with van der Waals surface area (Å²) in [5.74, 6) is 2.23. The summed E-state index contributed by atoms with van der Waals surface area (Å²) in [6, 6.07) is 32.3. The third-order valence-corrected chi connectivity index (χ3v) is 8.87. The molecule has 0 amide bonds. The zero-order valence-electron chi connectivity index (χ0n) is 16.8. The van der Waals surface area contributed by atoms with Gasteiger partial charge in [-0.25, -0.2) is 0 Å². The molecule has 0 atom stereocenters. The fraction of sp³-hybridized carbons (Fsp3) is 0.154. The van der Waals surface area contributed by atoms with E-state index in [1.54, 1.807) is 0 Å². The Bertz CT molecular complexity index is 874. The summed E-state index contributed by atoms with van der Waals surface area (Å²) < 4.78 is 4.72. The van der Waals surface area contributed by atoms with Gasteiger partial charge in [0, 0.05) is 6.42 Å². The van der Waals surface area contributed by atoms with E-state index in [1.165, 1.54) is 23.0 Å². The van der Waals surface area contributed by atoms with Gasteiger partial charge in [0.1, 0.15) is 0 Å². The highest BCUT2D eigenvalue weighted by atomic mass is 31.2. The largest absolute Gasteiger partial charge is 0.469 e. The highest BCUT2D eigenvalue weighted by Crippen LogP contribution is 2.43. The summed E-state index contributed by atoms with van der Waals surface area (Å²) in [7, 11) is 1.43. The Hall–Kier alpha value is -2.83. The van der Waals surface area contributed by atoms with Crippen LogP contribution in [0.4, 0.5) is 0 Å². The fourth-order valence-electron chi connectivity index (χ4n) is 3.45. The van der Waals surface area contributed by atoms with Gasteiger partial charge in [0.05, 0.1) is 7.11 Å².